The van der Waals surface area contributed by atoms with Gasteiger partial charge in [-0.25, -0.2) is 0 Å². The summed E-state index contributed by atoms with van der Waals surface area (Å²) >= 11 is 0. The molecule has 0 aromatic heterocycles. The van der Waals surface area contributed by atoms with Crippen LogP contribution in [0.25, 0.3) is 0 Å². The molecule has 1 aliphatic carbocycles. The Kier molecular flexibility index (Phi) is 3.15. The Morgan fingerprint density at radius 2 is 2.27 bits per heavy atom. The van der Waals surface area contributed by atoms with Gasteiger partial charge in [0.1, 0.15) is 5.78 Å². The van der Waals surface area contributed by atoms with Gasteiger partial charge in [0.05, 0.1) is 5.60 Å². The number of ketones is 1. The molecule has 1 aliphatic heterocycles. The van der Waals surface area contributed by atoms with Crippen LogP contribution in [0.4, 0.5) is 0 Å². The van der Waals surface area contributed by atoms with Gasteiger partial charge in [0, 0.05) is 12.5 Å². The maximum Gasteiger partial charge on any atom is 0.133 e. The average molecular weight is 210 g/mol. The quantitative estimate of drug-likeness (QED) is 0.716. The molecule has 2 rings (SSSR count). The fourth-order valence-electron chi connectivity index (χ4n) is 3.28. The Morgan fingerprint density at radius 3 is 2.73 bits per heavy atom. The molecular formula is C13H22O2. The molecule has 0 aromatic carbocycles. The van der Waals surface area contributed by atoms with Crippen molar-refractivity contribution in [1.29, 1.82) is 0 Å². The van der Waals surface area contributed by atoms with E-state index in [-0.39, 0.29) is 11.5 Å². The second-order valence-corrected chi connectivity index (χ2v) is 5.26. The first-order valence-electron chi connectivity index (χ1n) is 6.31. The Bertz CT molecular complexity index is 243. The second-order valence-electron chi connectivity index (χ2n) is 5.26. The lowest BCUT2D eigenvalue weighted by atomic mass is 9.68. The predicted octanol–water partition coefficient (Wildman–Crippen LogP) is 2.95. The number of ether oxygens (including phenoxy) is 1. The first-order chi connectivity index (χ1) is 7.17. The summed E-state index contributed by atoms with van der Waals surface area (Å²) in [5, 5.41) is 0. The lowest BCUT2D eigenvalue weighted by Gasteiger charge is -2.48. The largest absolute Gasteiger partial charge is 0.375 e. The fourth-order valence-corrected chi connectivity index (χ4v) is 3.28. The van der Waals surface area contributed by atoms with Crippen LogP contribution in [0, 0.1) is 11.8 Å². The molecule has 1 saturated carbocycles. The smallest absolute Gasteiger partial charge is 0.133 e. The van der Waals surface area contributed by atoms with Crippen LogP contribution in [-0.4, -0.2) is 18.0 Å². The third-order valence-corrected chi connectivity index (χ3v) is 4.33. The summed E-state index contributed by atoms with van der Waals surface area (Å²) in [6.45, 7) is 4.75. The molecule has 1 spiro atoms. The summed E-state index contributed by atoms with van der Waals surface area (Å²) in [4.78, 5) is 11.6. The van der Waals surface area contributed by atoms with E-state index in [0.29, 0.717) is 11.7 Å². The van der Waals surface area contributed by atoms with E-state index in [9.17, 15) is 4.79 Å². The van der Waals surface area contributed by atoms with Crippen molar-refractivity contribution in [1.82, 2.24) is 0 Å². The number of Topliss-reactive ketones (excluding diaryl/α,β-unsaturated/α-hetero) is 1. The van der Waals surface area contributed by atoms with Crippen LogP contribution in [0.1, 0.15) is 52.4 Å². The highest BCUT2D eigenvalue weighted by Gasteiger charge is 2.44. The Morgan fingerprint density at radius 1 is 1.53 bits per heavy atom. The molecule has 2 aliphatic rings. The van der Waals surface area contributed by atoms with E-state index in [1.165, 1.54) is 19.3 Å². The second kappa shape index (κ2) is 4.25. The molecule has 86 valence electrons. The molecule has 0 N–H and O–H groups in total. The van der Waals surface area contributed by atoms with Crippen molar-refractivity contribution in [2.24, 2.45) is 11.8 Å². The van der Waals surface area contributed by atoms with Crippen molar-refractivity contribution in [2.75, 3.05) is 6.61 Å². The normalized spacial score (nSPS) is 30.9. The average Bonchev–Trinajstić information content (AvgIpc) is 2.16. The molecule has 0 aromatic rings. The minimum absolute atomic E-state index is 0.186. The summed E-state index contributed by atoms with van der Waals surface area (Å²) in [6.07, 6.45) is 6.96. The van der Waals surface area contributed by atoms with Crippen LogP contribution in [0.3, 0.4) is 0 Å². The number of hydrogen-bond donors (Lipinski definition) is 0. The first-order valence-corrected chi connectivity index (χ1v) is 6.31. The van der Waals surface area contributed by atoms with E-state index in [1.54, 1.807) is 6.92 Å². The number of carbonyl (C=O) groups excluding carboxylic acids is 1. The van der Waals surface area contributed by atoms with Crippen LogP contribution < -0.4 is 0 Å². The SMILES string of the molecule is CCC(C(C)=O)C1CCOC2(CCC2)C1. The molecule has 0 radical (unpaired) electrons. The van der Waals surface area contributed by atoms with E-state index < -0.39 is 0 Å². The van der Waals surface area contributed by atoms with E-state index in [1.807, 2.05) is 0 Å². The van der Waals surface area contributed by atoms with Gasteiger partial charge in [0.2, 0.25) is 0 Å². The van der Waals surface area contributed by atoms with Gasteiger partial charge < -0.3 is 4.74 Å². The zero-order valence-corrected chi connectivity index (χ0v) is 9.92. The van der Waals surface area contributed by atoms with Crippen LogP contribution in [-0.2, 0) is 9.53 Å². The number of rotatable bonds is 3. The molecule has 15 heavy (non-hydrogen) atoms. The monoisotopic (exact) mass is 210 g/mol. The summed E-state index contributed by atoms with van der Waals surface area (Å²) in [5.41, 5.74) is 0.186. The Hall–Kier alpha value is -0.370. The maximum atomic E-state index is 11.6. The van der Waals surface area contributed by atoms with Crippen molar-refractivity contribution in [3.05, 3.63) is 0 Å². The molecule has 0 bridgehead atoms. The third-order valence-electron chi connectivity index (χ3n) is 4.33. The van der Waals surface area contributed by atoms with Crippen LogP contribution in [0.2, 0.25) is 0 Å². The Balaban J connectivity index is 1.99. The van der Waals surface area contributed by atoms with Gasteiger partial charge in [-0.3, -0.25) is 4.79 Å². The van der Waals surface area contributed by atoms with Gasteiger partial charge in [-0.2, -0.15) is 0 Å². The third kappa shape index (κ3) is 2.10. The van der Waals surface area contributed by atoms with Crippen LogP contribution in [0.15, 0.2) is 0 Å². The van der Waals surface area contributed by atoms with E-state index >= 15 is 0 Å². The molecule has 2 atom stereocenters. The molecule has 2 unspecified atom stereocenters. The van der Waals surface area contributed by atoms with Gasteiger partial charge in [0.15, 0.2) is 0 Å². The first kappa shape index (κ1) is 11.1. The van der Waals surface area contributed by atoms with Crippen molar-refractivity contribution in [3.8, 4) is 0 Å². The van der Waals surface area contributed by atoms with Crippen molar-refractivity contribution < 1.29 is 9.53 Å². The highest BCUT2D eigenvalue weighted by Crippen LogP contribution is 2.46. The van der Waals surface area contributed by atoms with Gasteiger partial charge in [-0.1, -0.05) is 6.92 Å². The summed E-state index contributed by atoms with van der Waals surface area (Å²) in [6, 6.07) is 0. The molecule has 1 heterocycles. The van der Waals surface area contributed by atoms with Gasteiger partial charge in [-0.15, -0.1) is 0 Å². The molecule has 2 nitrogen and oxygen atoms in total. The summed E-state index contributed by atoms with van der Waals surface area (Å²) < 4.78 is 5.89. The molecule has 2 heteroatoms. The van der Waals surface area contributed by atoms with Crippen molar-refractivity contribution in [3.63, 3.8) is 0 Å². The standard InChI is InChI=1S/C13H22O2/c1-3-12(10(2)14)11-5-8-15-13(9-11)6-4-7-13/h11-12H,3-9H2,1-2H3. The number of hydrogen-bond acceptors (Lipinski definition) is 2. The van der Waals surface area contributed by atoms with Crippen molar-refractivity contribution in [2.45, 2.75) is 58.0 Å². The Labute approximate surface area is 92.4 Å². The predicted molar refractivity (Wildman–Crippen MR) is 59.7 cm³/mol. The van der Waals surface area contributed by atoms with Crippen LogP contribution >= 0.6 is 0 Å². The highest BCUT2D eigenvalue weighted by molar-refractivity contribution is 5.78. The summed E-state index contributed by atoms with van der Waals surface area (Å²) in [7, 11) is 0. The zero-order valence-electron chi connectivity index (χ0n) is 9.92. The zero-order chi connectivity index (χ0) is 10.9. The topological polar surface area (TPSA) is 26.3 Å². The van der Waals surface area contributed by atoms with Gasteiger partial charge >= 0.3 is 0 Å². The van der Waals surface area contributed by atoms with Crippen molar-refractivity contribution >= 4 is 5.78 Å². The van der Waals surface area contributed by atoms with Gasteiger partial charge in [-0.05, 0) is 51.4 Å². The van der Waals surface area contributed by atoms with E-state index in [4.69, 9.17) is 4.74 Å². The fraction of sp³-hybridized carbons (Fsp3) is 0.923. The van der Waals surface area contributed by atoms with E-state index in [0.717, 1.165) is 25.9 Å². The number of carbonyl (C=O) groups is 1. The minimum Gasteiger partial charge on any atom is -0.375 e. The highest BCUT2D eigenvalue weighted by atomic mass is 16.5. The van der Waals surface area contributed by atoms with E-state index in [2.05, 4.69) is 6.92 Å². The molecule has 0 amide bonds. The molecular weight excluding hydrogens is 188 g/mol. The summed E-state index contributed by atoms with van der Waals surface area (Å²) in [5.74, 6) is 1.24. The lowest BCUT2D eigenvalue weighted by Crippen LogP contribution is -2.47. The molecule has 2 fully saturated rings. The van der Waals surface area contributed by atoms with Gasteiger partial charge in [0.25, 0.3) is 0 Å². The minimum atomic E-state index is 0.186. The molecule has 1 saturated heterocycles. The van der Waals surface area contributed by atoms with Crippen LogP contribution in [0.5, 0.6) is 0 Å². The maximum absolute atomic E-state index is 11.6. The lowest BCUT2D eigenvalue weighted by molar-refractivity contribution is -0.154.